The lowest BCUT2D eigenvalue weighted by Gasteiger charge is -2.33. The van der Waals surface area contributed by atoms with Crippen LogP contribution in [0.25, 0.3) is 22.0 Å². The number of anilines is 1. The molecule has 1 saturated heterocycles. The molecule has 0 saturated carbocycles. The van der Waals surface area contributed by atoms with Crippen LogP contribution in [0.5, 0.6) is 0 Å². The fourth-order valence-electron chi connectivity index (χ4n) is 3.78. The molecule has 0 aromatic carbocycles. The highest BCUT2D eigenvalue weighted by atomic mass is 79.9. The number of hydrogen-bond acceptors (Lipinski definition) is 6. The van der Waals surface area contributed by atoms with Gasteiger partial charge in [0, 0.05) is 48.0 Å². The van der Waals surface area contributed by atoms with E-state index in [1.54, 1.807) is 18.5 Å². The molecule has 0 atom stereocenters. The molecule has 3 aromatic heterocycles. The molecule has 8 heteroatoms. The van der Waals surface area contributed by atoms with Gasteiger partial charge in [-0.15, -0.1) is 0 Å². The molecule has 1 fully saturated rings. The van der Waals surface area contributed by atoms with Gasteiger partial charge >= 0.3 is 5.97 Å². The monoisotopic (exact) mass is 502 g/mol. The molecule has 4 heterocycles. The van der Waals surface area contributed by atoms with Crippen molar-refractivity contribution in [2.75, 3.05) is 24.6 Å². The maximum atomic E-state index is 12.4. The summed E-state index contributed by atoms with van der Waals surface area (Å²) in [6.45, 7) is 6.04. The smallest absolute Gasteiger partial charge is 0.309 e. The Kier molecular flexibility index (Phi) is 6.72. The number of carbonyl (C=O) groups is 1. The first-order chi connectivity index (χ1) is 14.9. The van der Waals surface area contributed by atoms with E-state index in [2.05, 4.69) is 30.8 Å². The quantitative estimate of drug-likeness (QED) is 0.337. The molecule has 0 amide bonds. The summed E-state index contributed by atoms with van der Waals surface area (Å²) >= 11 is 9.84. The largest absolute Gasteiger partial charge is 0.465 e. The Balaban J connectivity index is 1.64. The average Bonchev–Trinajstić information content (AvgIpc) is 2.78. The maximum Gasteiger partial charge on any atom is 0.309 e. The Morgan fingerprint density at radius 1 is 1.26 bits per heavy atom. The molecule has 162 valence electrons. The van der Waals surface area contributed by atoms with Crippen LogP contribution in [0.2, 0.25) is 5.15 Å². The third-order valence-electron chi connectivity index (χ3n) is 5.41. The number of rotatable bonds is 5. The molecule has 0 unspecified atom stereocenters. The van der Waals surface area contributed by atoms with Gasteiger partial charge in [0.25, 0.3) is 0 Å². The molecule has 31 heavy (non-hydrogen) atoms. The average molecular weight is 504 g/mol. The predicted octanol–water partition coefficient (Wildman–Crippen LogP) is 5.52. The van der Waals surface area contributed by atoms with Crippen molar-refractivity contribution < 1.29 is 9.53 Å². The summed E-state index contributed by atoms with van der Waals surface area (Å²) in [5, 5.41) is 2.42. The van der Waals surface area contributed by atoms with Gasteiger partial charge in [-0.2, -0.15) is 0 Å². The Bertz CT molecular complexity index is 1100. The summed E-state index contributed by atoms with van der Waals surface area (Å²) in [5.41, 5.74) is 1.67. The van der Waals surface area contributed by atoms with E-state index in [-0.39, 0.29) is 11.9 Å². The van der Waals surface area contributed by atoms with Crippen LogP contribution in [0.3, 0.4) is 0 Å². The molecule has 0 spiro atoms. The number of halogens is 2. The molecule has 0 N–H and O–H groups in total. The van der Waals surface area contributed by atoms with Crippen molar-refractivity contribution in [3.05, 3.63) is 46.4 Å². The second-order valence-electron chi connectivity index (χ2n) is 8.17. The van der Waals surface area contributed by atoms with Gasteiger partial charge in [-0.05, 0) is 52.9 Å². The third-order valence-corrected chi connectivity index (χ3v) is 6.42. The summed E-state index contributed by atoms with van der Waals surface area (Å²) < 4.78 is 6.32. The molecule has 6 nitrogen and oxygen atoms in total. The van der Waals surface area contributed by atoms with E-state index in [0.717, 1.165) is 58.3 Å². The van der Waals surface area contributed by atoms with Crippen LogP contribution in [0.1, 0.15) is 26.7 Å². The number of ether oxygens (including phenoxy) is 1. The zero-order chi connectivity index (χ0) is 22.0. The van der Waals surface area contributed by atoms with E-state index in [0.29, 0.717) is 17.7 Å². The lowest BCUT2D eigenvalue weighted by atomic mass is 9.96. The maximum absolute atomic E-state index is 12.4. The summed E-state index contributed by atoms with van der Waals surface area (Å²) in [4.78, 5) is 28.0. The van der Waals surface area contributed by atoms with Crippen LogP contribution in [-0.2, 0) is 9.53 Å². The zero-order valence-corrected chi connectivity index (χ0v) is 19.9. The van der Waals surface area contributed by atoms with Crippen molar-refractivity contribution in [3.63, 3.8) is 0 Å². The minimum absolute atomic E-state index is 0.0585. The predicted molar refractivity (Wildman–Crippen MR) is 126 cm³/mol. The highest BCUT2D eigenvalue weighted by molar-refractivity contribution is 9.10. The Morgan fingerprint density at radius 2 is 2.03 bits per heavy atom. The van der Waals surface area contributed by atoms with Crippen molar-refractivity contribution >= 4 is 50.1 Å². The Hall–Kier alpha value is -2.25. The number of aromatic nitrogens is 3. The molecule has 4 rings (SSSR count). The number of fused-ring (bicyclic) bond motifs is 1. The molecule has 0 radical (unpaired) electrons. The van der Waals surface area contributed by atoms with Crippen molar-refractivity contribution in [2.45, 2.75) is 26.7 Å². The first-order valence-electron chi connectivity index (χ1n) is 10.4. The number of hydrogen-bond donors (Lipinski definition) is 0. The zero-order valence-electron chi connectivity index (χ0n) is 17.5. The summed E-state index contributed by atoms with van der Waals surface area (Å²) in [6, 6.07) is 5.67. The van der Waals surface area contributed by atoms with Crippen molar-refractivity contribution in [1.29, 1.82) is 0 Å². The molecule has 1 aliphatic rings. The first-order valence-corrected chi connectivity index (χ1v) is 11.6. The summed E-state index contributed by atoms with van der Waals surface area (Å²) in [6.07, 6.45) is 6.79. The van der Waals surface area contributed by atoms with Crippen molar-refractivity contribution in [2.24, 2.45) is 11.8 Å². The van der Waals surface area contributed by atoms with Crippen LogP contribution in [0.4, 0.5) is 5.82 Å². The third kappa shape index (κ3) is 4.83. The van der Waals surface area contributed by atoms with E-state index in [1.165, 1.54) is 0 Å². The second-order valence-corrected chi connectivity index (χ2v) is 9.35. The molecule has 0 bridgehead atoms. The standard InChI is InChI=1S/C23H24BrClN4O2/c1-14(2)13-31-23(30)15-5-9-29(10-6-15)22-17-4-7-26-12-18(17)20(24)21(28-22)16-3-8-27-19(25)11-16/h3-4,7-8,11-12,14-15H,5-6,9-10,13H2,1-2H3. The minimum Gasteiger partial charge on any atom is -0.465 e. The summed E-state index contributed by atoms with van der Waals surface area (Å²) in [5.74, 6) is 1.09. The second kappa shape index (κ2) is 9.49. The Labute approximate surface area is 195 Å². The van der Waals surface area contributed by atoms with Crippen LogP contribution in [0, 0.1) is 11.8 Å². The molecular formula is C23H24BrClN4O2. The fourth-order valence-corrected chi connectivity index (χ4v) is 4.59. The number of nitrogens with zero attached hydrogens (tertiary/aromatic N) is 4. The van der Waals surface area contributed by atoms with Crippen LogP contribution in [0.15, 0.2) is 41.3 Å². The lowest BCUT2D eigenvalue weighted by Crippen LogP contribution is -2.37. The van der Waals surface area contributed by atoms with E-state index in [4.69, 9.17) is 21.3 Å². The van der Waals surface area contributed by atoms with E-state index >= 15 is 0 Å². The topological polar surface area (TPSA) is 68.2 Å². The van der Waals surface area contributed by atoms with Crippen molar-refractivity contribution in [1.82, 2.24) is 15.0 Å². The molecule has 0 aliphatic carbocycles. The molecule has 1 aliphatic heterocycles. The number of piperidine rings is 1. The minimum atomic E-state index is -0.0849. The van der Waals surface area contributed by atoms with Gasteiger partial charge in [0.2, 0.25) is 0 Å². The van der Waals surface area contributed by atoms with Crippen LogP contribution >= 0.6 is 27.5 Å². The molecule has 3 aromatic rings. The summed E-state index contributed by atoms with van der Waals surface area (Å²) in [7, 11) is 0. The highest BCUT2D eigenvalue weighted by Crippen LogP contribution is 2.38. The SMILES string of the molecule is CC(C)COC(=O)C1CCN(c2nc(-c3ccnc(Cl)c3)c(Br)c3cnccc23)CC1. The first kappa shape index (κ1) is 22.0. The normalized spacial score (nSPS) is 14.9. The lowest BCUT2D eigenvalue weighted by molar-refractivity contribution is -0.150. The number of esters is 1. The van der Waals surface area contributed by atoms with Crippen molar-refractivity contribution in [3.8, 4) is 11.3 Å². The highest BCUT2D eigenvalue weighted by Gasteiger charge is 2.28. The fraction of sp³-hybridized carbons (Fsp3) is 0.391. The number of pyridine rings is 3. The van der Waals surface area contributed by atoms with Gasteiger partial charge in [0.1, 0.15) is 11.0 Å². The van der Waals surface area contributed by atoms with Gasteiger partial charge in [-0.25, -0.2) is 9.97 Å². The van der Waals surface area contributed by atoms with Gasteiger partial charge < -0.3 is 9.64 Å². The molecular weight excluding hydrogens is 480 g/mol. The van der Waals surface area contributed by atoms with Gasteiger partial charge in [0.15, 0.2) is 0 Å². The van der Waals surface area contributed by atoms with E-state index in [9.17, 15) is 4.79 Å². The van der Waals surface area contributed by atoms with Crippen LogP contribution in [-0.4, -0.2) is 40.6 Å². The van der Waals surface area contributed by atoms with E-state index < -0.39 is 0 Å². The van der Waals surface area contributed by atoms with Crippen LogP contribution < -0.4 is 4.90 Å². The Morgan fingerprint density at radius 3 is 2.74 bits per heavy atom. The van der Waals surface area contributed by atoms with Gasteiger partial charge in [0.05, 0.1) is 22.7 Å². The number of carbonyl (C=O) groups excluding carboxylic acids is 1. The van der Waals surface area contributed by atoms with Gasteiger partial charge in [-0.1, -0.05) is 25.4 Å². The van der Waals surface area contributed by atoms with E-state index in [1.807, 2.05) is 32.2 Å². The van der Waals surface area contributed by atoms with Gasteiger partial charge in [-0.3, -0.25) is 9.78 Å².